The van der Waals surface area contributed by atoms with Crippen molar-refractivity contribution in [3.05, 3.63) is 41.1 Å². The van der Waals surface area contributed by atoms with E-state index in [9.17, 15) is 9.59 Å². The van der Waals surface area contributed by atoms with Crippen LogP contribution in [0.3, 0.4) is 0 Å². The van der Waals surface area contributed by atoms with Crippen LogP contribution < -0.4 is 5.32 Å². The molecule has 0 spiro atoms. The Kier molecular flexibility index (Phi) is 5.20. The maximum absolute atomic E-state index is 11.5. The molecule has 6 heteroatoms. The molecule has 0 aliphatic heterocycles. The van der Waals surface area contributed by atoms with E-state index in [1.165, 1.54) is 0 Å². The number of carbonyl (C=O) groups is 2. The minimum Gasteiger partial charge on any atom is -0.478 e. The highest BCUT2D eigenvalue weighted by atomic mass is 35.5. The summed E-state index contributed by atoms with van der Waals surface area (Å²) in [4.78, 5) is 22.1. The van der Waals surface area contributed by atoms with E-state index in [0.29, 0.717) is 10.7 Å². The molecule has 0 aliphatic carbocycles. The van der Waals surface area contributed by atoms with Crippen LogP contribution in [0.25, 0.3) is 0 Å². The highest BCUT2D eigenvalue weighted by Gasteiger charge is 2.12. The largest absolute Gasteiger partial charge is 0.478 e. The van der Waals surface area contributed by atoms with Crippen molar-refractivity contribution in [2.45, 2.75) is 6.92 Å². The standard InChI is InChI=1S/C12H12ClNO4/c1-2-18-12(17)10(7-11(15)16)14-9-5-3-4-8(13)6-9/h3-7,14H,2H2,1H3,(H,15,16). The number of esters is 1. The van der Waals surface area contributed by atoms with Crippen LogP contribution >= 0.6 is 11.6 Å². The normalized spacial score (nSPS) is 10.9. The van der Waals surface area contributed by atoms with E-state index < -0.39 is 11.9 Å². The maximum atomic E-state index is 11.5. The molecule has 0 amide bonds. The van der Waals surface area contributed by atoms with E-state index in [1.54, 1.807) is 31.2 Å². The Morgan fingerprint density at radius 3 is 2.78 bits per heavy atom. The number of hydrogen-bond donors (Lipinski definition) is 2. The fraction of sp³-hybridized carbons (Fsp3) is 0.167. The second-order valence-corrected chi connectivity index (χ2v) is 3.69. The number of halogens is 1. The molecule has 1 rings (SSSR count). The van der Waals surface area contributed by atoms with Crippen molar-refractivity contribution in [2.75, 3.05) is 11.9 Å². The first-order valence-corrected chi connectivity index (χ1v) is 5.55. The van der Waals surface area contributed by atoms with Crippen molar-refractivity contribution in [3.8, 4) is 0 Å². The molecule has 0 heterocycles. The Hall–Kier alpha value is -2.01. The topological polar surface area (TPSA) is 75.6 Å². The fourth-order valence-corrected chi connectivity index (χ4v) is 1.39. The predicted octanol–water partition coefficient (Wildman–Crippen LogP) is 2.28. The van der Waals surface area contributed by atoms with Gasteiger partial charge in [-0.2, -0.15) is 0 Å². The molecule has 0 saturated heterocycles. The molecule has 0 fully saturated rings. The summed E-state index contributed by atoms with van der Waals surface area (Å²) in [7, 11) is 0. The minimum atomic E-state index is -1.24. The number of aliphatic carboxylic acids is 1. The summed E-state index contributed by atoms with van der Waals surface area (Å²) in [6, 6.07) is 6.56. The molecular weight excluding hydrogens is 258 g/mol. The van der Waals surface area contributed by atoms with Crippen molar-refractivity contribution in [1.82, 2.24) is 0 Å². The molecular formula is C12H12ClNO4. The molecule has 0 bridgehead atoms. The zero-order valence-electron chi connectivity index (χ0n) is 9.64. The summed E-state index contributed by atoms with van der Waals surface area (Å²) >= 11 is 5.78. The van der Waals surface area contributed by atoms with Crippen molar-refractivity contribution < 1.29 is 19.4 Å². The lowest BCUT2D eigenvalue weighted by molar-refractivity contribution is -0.139. The van der Waals surface area contributed by atoms with Gasteiger partial charge in [-0.15, -0.1) is 0 Å². The van der Waals surface area contributed by atoms with Crippen LogP contribution in [0.1, 0.15) is 6.92 Å². The smallest absolute Gasteiger partial charge is 0.355 e. The molecule has 0 radical (unpaired) electrons. The van der Waals surface area contributed by atoms with Gasteiger partial charge in [0.05, 0.1) is 12.7 Å². The molecule has 5 nitrogen and oxygen atoms in total. The van der Waals surface area contributed by atoms with Gasteiger partial charge in [0.25, 0.3) is 0 Å². The molecule has 0 saturated carbocycles. The lowest BCUT2D eigenvalue weighted by Gasteiger charge is -2.09. The quantitative estimate of drug-likeness (QED) is 0.634. The van der Waals surface area contributed by atoms with E-state index in [1.807, 2.05) is 0 Å². The fourth-order valence-electron chi connectivity index (χ4n) is 1.20. The van der Waals surface area contributed by atoms with Gasteiger partial charge in [-0.3, -0.25) is 0 Å². The third-order valence-corrected chi connectivity index (χ3v) is 2.10. The van der Waals surface area contributed by atoms with Crippen LogP contribution in [-0.4, -0.2) is 23.7 Å². The van der Waals surface area contributed by atoms with Crippen molar-refractivity contribution >= 4 is 29.2 Å². The van der Waals surface area contributed by atoms with Gasteiger partial charge in [-0.25, -0.2) is 9.59 Å². The number of nitrogens with one attached hydrogen (secondary N) is 1. The third kappa shape index (κ3) is 4.47. The Morgan fingerprint density at radius 2 is 2.22 bits per heavy atom. The predicted molar refractivity (Wildman–Crippen MR) is 67.4 cm³/mol. The van der Waals surface area contributed by atoms with E-state index in [0.717, 1.165) is 6.08 Å². The monoisotopic (exact) mass is 269 g/mol. The average molecular weight is 270 g/mol. The van der Waals surface area contributed by atoms with E-state index in [-0.39, 0.29) is 12.3 Å². The molecule has 1 aromatic carbocycles. The molecule has 0 aromatic heterocycles. The molecule has 0 atom stereocenters. The Labute approximate surface area is 109 Å². The number of anilines is 1. The van der Waals surface area contributed by atoms with Crippen molar-refractivity contribution in [3.63, 3.8) is 0 Å². The Balaban J connectivity index is 2.92. The molecule has 1 aromatic rings. The van der Waals surface area contributed by atoms with Crippen LogP contribution in [0.5, 0.6) is 0 Å². The van der Waals surface area contributed by atoms with Crippen LogP contribution in [0, 0.1) is 0 Å². The van der Waals surface area contributed by atoms with Gasteiger partial charge in [0.1, 0.15) is 5.70 Å². The Bertz CT molecular complexity index is 485. The molecule has 18 heavy (non-hydrogen) atoms. The summed E-state index contributed by atoms with van der Waals surface area (Å²) in [5.41, 5.74) is 0.342. The van der Waals surface area contributed by atoms with Crippen LogP contribution in [0.2, 0.25) is 5.02 Å². The van der Waals surface area contributed by atoms with Crippen LogP contribution in [-0.2, 0) is 14.3 Å². The highest BCUT2D eigenvalue weighted by molar-refractivity contribution is 6.30. The summed E-state index contributed by atoms with van der Waals surface area (Å²) in [5.74, 6) is -1.98. The van der Waals surface area contributed by atoms with Gasteiger partial charge in [0, 0.05) is 10.7 Å². The summed E-state index contributed by atoms with van der Waals surface area (Å²) < 4.78 is 4.74. The first kappa shape index (κ1) is 14.1. The zero-order valence-corrected chi connectivity index (χ0v) is 10.4. The summed E-state index contributed by atoms with van der Waals surface area (Å²) in [6.07, 6.45) is 0.749. The van der Waals surface area contributed by atoms with Gasteiger partial charge in [-0.1, -0.05) is 17.7 Å². The van der Waals surface area contributed by atoms with Gasteiger partial charge in [0.2, 0.25) is 0 Å². The average Bonchev–Trinajstić information content (AvgIpc) is 2.28. The number of rotatable bonds is 5. The number of carboxylic acids is 1. The number of carbonyl (C=O) groups excluding carboxylic acids is 1. The van der Waals surface area contributed by atoms with Crippen molar-refractivity contribution in [2.24, 2.45) is 0 Å². The number of hydrogen-bond acceptors (Lipinski definition) is 4. The molecule has 96 valence electrons. The number of benzene rings is 1. The van der Waals surface area contributed by atoms with Crippen LogP contribution in [0.15, 0.2) is 36.0 Å². The third-order valence-electron chi connectivity index (χ3n) is 1.87. The van der Waals surface area contributed by atoms with E-state index in [2.05, 4.69) is 5.32 Å². The summed E-state index contributed by atoms with van der Waals surface area (Å²) in [6.45, 7) is 1.79. The lowest BCUT2D eigenvalue weighted by atomic mass is 10.3. The zero-order chi connectivity index (χ0) is 13.5. The first-order chi connectivity index (χ1) is 8.52. The second-order valence-electron chi connectivity index (χ2n) is 3.25. The lowest BCUT2D eigenvalue weighted by Crippen LogP contribution is -2.16. The van der Waals surface area contributed by atoms with Crippen LogP contribution in [0.4, 0.5) is 5.69 Å². The number of ether oxygens (including phenoxy) is 1. The van der Waals surface area contributed by atoms with E-state index >= 15 is 0 Å². The van der Waals surface area contributed by atoms with Gasteiger partial charge < -0.3 is 15.2 Å². The Morgan fingerprint density at radius 1 is 1.50 bits per heavy atom. The maximum Gasteiger partial charge on any atom is 0.355 e. The highest BCUT2D eigenvalue weighted by Crippen LogP contribution is 2.17. The SMILES string of the molecule is CCOC(=O)C(=CC(=O)O)Nc1cccc(Cl)c1. The number of carboxylic acid groups (broad SMARTS) is 1. The summed E-state index contributed by atoms with van der Waals surface area (Å²) in [5, 5.41) is 11.8. The second kappa shape index (κ2) is 6.66. The molecule has 2 N–H and O–H groups in total. The van der Waals surface area contributed by atoms with Gasteiger partial charge in [-0.05, 0) is 25.1 Å². The van der Waals surface area contributed by atoms with Gasteiger partial charge in [0.15, 0.2) is 0 Å². The van der Waals surface area contributed by atoms with Crippen molar-refractivity contribution in [1.29, 1.82) is 0 Å². The minimum absolute atomic E-state index is 0.160. The molecule has 0 aliphatic rings. The van der Waals surface area contributed by atoms with E-state index in [4.69, 9.17) is 21.4 Å². The van der Waals surface area contributed by atoms with Gasteiger partial charge >= 0.3 is 11.9 Å². The first-order valence-electron chi connectivity index (χ1n) is 5.17. The molecule has 0 unspecified atom stereocenters.